The third-order valence-electron chi connectivity index (χ3n) is 2.75. The predicted molar refractivity (Wildman–Crippen MR) is 81.1 cm³/mol. The molecule has 0 bridgehead atoms. The van der Waals surface area contributed by atoms with E-state index < -0.39 is 40.4 Å². The second kappa shape index (κ2) is 13.1. The van der Waals surface area contributed by atoms with Gasteiger partial charge in [0.15, 0.2) is 0 Å². The normalized spacial score (nSPS) is 11.1. The summed E-state index contributed by atoms with van der Waals surface area (Å²) in [6, 6.07) is -1.30. The highest BCUT2D eigenvalue weighted by Gasteiger charge is 2.24. The second-order valence-corrected chi connectivity index (χ2v) is 4.88. The van der Waals surface area contributed by atoms with Gasteiger partial charge in [-0.3, -0.25) is 9.59 Å². The molecule has 0 aliphatic carbocycles. The Morgan fingerprint density at radius 3 is 2.04 bits per heavy atom. The van der Waals surface area contributed by atoms with Gasteiger partial charge in [-0.25, -0.2) is 4.79 Å². The van der Waals surface area contributed by atoms with Gasteiger partial charge in [0.2, 0.25) is 11.8 Å². The van der Waals surface area contributed by atoms with Gasteiger partial charge < -0.3 is 25.5 Å². The van der Waals surface area contributed by atoms with Crippen LogP contribution in [0.3, 0.4) is 0 Å². The standard InChI is InChI=1S/C12H20N4O10/c13-10(17)8-9(14-11(18)4-3-7-26-16(22)23)12(19)24-5-1-2-6-25-15(20)21/h9H,1-8H2,(H2,13,17)(H,14,18). The minimum Gasteiger partial charge on any atom is -0.464 e. The molecule has 3 N–H and O–H groups in total. The summed E-state index contributed by atoms with van der Waals surface area (Å²) in [5.41, 5.74) is 5.01. The fraction of sp³-hybridized carbons (Fsp3) is 0.750. The monoisotopic (exact) mass is 380 g/mol. The maximum atomic E-state index is 11.9. The third-order valence-corrected chi connectivity index (χ3v) is 2.75. The number of carbonyl (C=O) groups excluding carboxylic acids is 3. The number of esters is 1. The number of nitrogens with one attached hydrogen (secondary N) is 1. The number of nitrogens with two attached hydrogens (primary N) is 1. The smallest absolute Gasteiger partial charge is 0.329 e. The van der Waals surface area contributed by atoms with Crippen molar-refractivity contribution in [3.63, 3.8) is 0 Å². The lowest BCUT2D eigenvalue weighted by atomic mass is 10.2. The van der Waals surface area contributed by atoms with Crippen molar-refractivity contribution in [2.24, 2.45) is 5.73 Å². The largest absolute Gasteiger partial charge is 0.464 e. The van der Waals surface area contributed by atoms with E-state index in [0.717, 1.165) is 0 Å². The molecule has 0 heterocycles. The van der Waals surface area contributed by atoms with Crippen molar-refractivity contribution in [2.45, 2.75) is 38.1 Å². The lowest BCUT2D eigenvalue weighted by molar-refractivity contribution is -0.757. The molecule has 0 aromatic rings. The molecule has 0 aliphatic heterocycles. The summed E-state index contributed by atoms with van der Waals surface area (Å²) in [7, 11) is 0. The summed E-state index contributed by atoms with van der Waals surface area (Å²) in [4.78, 5) is 62.6. The van der Waals surface area contributed by atoms with Gasteiger partial charge in [0, 0.05) is 6.42 Å². The Kier molecular flexibility index (Phi) is 11.5. The van der Waals surface area contributed by atoms with Crippen LogP contribution in [0.15, 0.2) is 0 Å². The minimum absolute atomic E-state index is 0.0294. The summed E-state index contributed by atoms with van der Waals surface area (Å²) >= 11 is 0. The van der Waals surface area contributed by atoms with Crippen LogP contribution in [0.2, 0.25) is 0 Å². The van der Waals surface area contributed by atoms with Crippen LogP contribution < -0.4 is 11.1 Å². The van der Waals surface area contributed by atoms with Gasteiger partial charge in [0.05, 0.1) is 26.2 Å². The number of ether oxygens (including phenoxy) is 1. The number of hydrogen-bond acceptors (Lipinski definition) is 10. The van der Waals surface area contributed by atoms with Crippen LogP contribution in [-0.2, 0) is 28.8 Å². The van der Waals surface area contributed by atoms with Gasteiger partial charge in [-0.1, -0.05) is 0 Å². The van der Waals surface area contributed by atoms with E-state index in [2.05, 4.69) is 15.0 Å². The number of carbonyl (C=O) groups is 3. The zero-order chi connectivity index (χ0) is 19.9. The quantitative estimate of drug-likeness (QED) is 0.151. The number of nitrogens with zero attached hydrogens (tertiary/aromatic N) is 2. The molecule has 1 unspecified atom stereocenters. The molecule has 0 rings (SSSR count). The Morgan fingerprint density at radius 2 is 1.50 bits per heavy atom. The first kappa shape index (κ1) is 22.8. The Bertz CT molecular complexity index is 512. The number of amides is 2. The predicted octanol–water partition coefficient (Wildman–Crippen LogP) is -1.13. The van der Waals surface area contributed by atoms with Crippen molar-refractivity contribution in [3.8, 4) is 0 Å². The van der Waals surface area contributed by atoms with Gasteiger partial charge in [-0.05, 0) is 19.3 Å². The van der Waals surface area contributed by atoms with Crippen molar-refractivity contribution >= 4 is 17.8 Å². The first-order valence-corrected chi connectivity index (χ1v) is 7.51. The van der Waals surface area contributed by atoms with Crippen molar-refractivity contribution in [2.75, 3.05) is 19.8 Å². The van der Waals surface area contributed by atoms with Gasteiger partial charge in [0.25, 0.3) is 10.2 Å². The zero-order valence-electron chi connectivity index (χ0n) is 13.8. The van der Waals surface area contributed by atoms with E-state index in [1.165, 1.54) is 0 Å². The average molecular weight is 380 g/mol. The van der Waals surface area contributed by atoms with Gasteiger partial charge >= 0.3 is 5.97 Å². The highest BCUT2D eigenvalue weighted by molar-refractivity contribution is 5.88. The molecule has 0 spiro atoms. The molecule has 0 aliphatic rings. The first-order valence-electron chi connectivity index (χ1n) is 7.51. The van der Waals surface area contributed by atoms with Crippen LogP contribution in [-0.4, -0.2) is 53.8 Å². The molecule has 0 saturated carbocycles. The molecule has 2 amide bonds. The maximum absolute atomic E-state index is 11.9. The molecule has 0 fully saturated rings. The van der Waals surface area contributed by atoms with E-state index >= 15 is 0 Å². The number of hydrogen-bond donors (Lipinski definition) is 2. The maximum Gasteiger partial charge on any atom is 0.329 e. The average Bonchev–Trinajstić information content (AvgIpc) is 2.53. The molecular formula is C12H20N4O10. The van der Waals surface area contributed by atoms with Gasteiger partial charge in [0.1, 0.15) is 6.04 Å². The SMILES string of the molecule is NC(=O)CC(NC(=O)CCCO[N+](=O)[O-])C(=O)OCCCCO[N+](=O)[O-]. The molecule has 14 nitrogen and oxygen atoms in total. The molecule has 0 saturated heterocycles. The zero-order valence-corrected chi connectivity index (χ0v) is 13.8. The van der Waals surface area contributed by atoms with Crippen molar-refractivity contribution < 1.29 is 39.0 Å². The molecule has 0 radical (unpaired) electrons. The Morgan fingerprint density at radius 1 is 0.962 bits per heavy atom. The van der Waals surface area contributed by atoms with Gasteiger partial charge in [-0.15, -0.1) is 20.2 Å². The van der Waals surface area contributed by atoms with Gasteiger partial charge in [-0.2, -0.15) is 0 Å². The Balaban J connectivity index is 4.21. The lowest BCUT2D eigenvalue weighted by Crippen LogP contribution is -2.44. The van der Waals surface area contributed by atoms with Crippen LogP contribution in [0.5, 0.6) is 0 Å². The Labute approximate surface area is 147 Å². The van der Waals surface area contributed by atoms with E-state index in [-0.39, 0.29) is 45.5 Å². The summed E-state index contributed by atoms with van der Waals surface area (Å²) in [6.45, 7) is -0.544. The molecule has 0 aromatic carbocycles. The van der Waals surface area contributed by atoms with Crippen LogP contribution >= 0.6 is 0 Å². The number of primary amides is 1. The number of unbranched alkanes of at least 4 members (excludes halogenated alkanes) is 1. The fourth-order valence-corrected chi connectivity index (χ4v) is 1.65. The second-order valence-electron chi connectivity index (χ2n) is 4.88. The fourth-order valence-electron chi connectivity index (χ4n) is 1.65. The highest BCUT2D eigenvalue weighted by atomic mass is 17.0. The first-order chi connectivity index (χ1) is 12.2. The summed E-state index contributed by atoms with van der Waals surface area (Å²) < 4.78 is 4.87. The Hall–Kier alpha value is -3.19. The van der Waals surface area contributed by atoms with Crippen molar-refractivity contribution in [3.05, 3.63) is 20.2 Å². The van der Waals surface area contributed by atoms with Crippen molar-refractivity contribution in [1.82, 2.24) is 5.32 Å². The summed E-state index contributed by atoms with van der Waals surface area (Å²) in [6.07, 6.45) is -0.0940. The van der Waals surface area contributed by atoms with E-state index in [1.807, 2.05) is 0 Å². The van der Waals surface area contributed by atoms with E-state index in [0.29, 0.717) is 0 Å². The topological polar surface area (TPSA) is 203 Å². The van der Waals surface area contributed by atoms with E-state index in [1.54, 1.807) is 0 Å². The summed E-state index contributed by atoms with van der Waals surface area (Å²) in [5, 5.41) is 20.2. The van der Waals surface area contributed by atoms with E-state index in [9.17, 15) is 34.6 Å². The molecule has 1 atom stereocenters. The molecular weight excluding hydrogens is 360 g/mol. The molecule has 148 valence electrons. The number of rotatable bonds is 15. The van der Waals surface area contributed by atoms with Crippen LogP contribution in [0.4, 0.5) is 0 Å². The molecule has 14 heteroatoms. The van der Waals surface area contributed by atoms with Crippen molar-refractivity contribution in [1.29, 1.82) is 0 Å². The van der Waals surface area contributed by atoms with Crippen LogP contribution in [0, 0.1) is 20.2 Å². The summed E-state index contributed by atoms with van der Waals surface area (Å²) in [5.74, 6) is -2.38. The lowest BCUT2D eigenvalue weighted by Gasteiger charge is -2.16. The minimum atomic E-state index is -1.30. The van der Waals surface area contributed by atoms with Crippen LogP contribution in [0.25, 0.3) is 0 Å². The highest BCUT2D eigenvalue weighted by Crippen LogP contribution is 2.01. The van der Waals surface area contributed by atoms with Crippen LogP contribution in [0.1, 0.15) is 32.1 Å². The molecule has 0 aromatic heterocycles. The molecule has 26 heavy (non-hydrogen) atoms. The third kappa shape index (κ3) is 13.3. The van der Waals surface area contributed by atoms with E-state index in [4.69, 9.17) is 10.5 Å².